The molecule has 1 aromatic rings. The van der Waals surface area contributed by atoms with Crippen molar-refractivity contribution in [3.05, 3.63) is 18.3 Å². The first-order valence-corrected chi connectivity index (χ1v) is 8.04. The van der Waals surface area contributed by atoms with E-state index < -0.39 is 0 Å². The first-order valence-electron chi connectivity index (χ1n) is 8.04. The molecule has 1 aromatic heterocycles. The third-order valence-corrected chi connectivity index (χ3v) is 3.97. The van der Waals surface area contributed by atoms with Crippen LogP contribution in [0.25, 0.3) is 0 Å². The van der Waals surface area contributed by atoms with E-state index in [1.54, 1.807) is 18.3 Å². The number of carbonyl (C=O) groups is 1. The van der Waals surface area contributed by atoms with Crippen LogP contribution >= 0.6 is 0 Å². The maximum Gasteiger partial charge on any atom is 0.225 e. The maximum atomic E-state index is 12.0. The highest BCUT2D eigenvalue weighted by atomic mass is 16.5. The number of pyridine rings is 1. The van der Waals surface area contributed by atoms with Crippen molar-refractivity contribution in [1.82, 2.24) is 4.98 Å². The molecule has 0 saturated heterocycles. The molecule has 0 radical (unpaired) electrons. The minimum absolute atomic E-state index is 0.00697. The van der Waals surface area contributed by atoms with Gasteiger partial charge < -0.3 is 10.1 Å². The molecule has 0 spiro atoms. The Labute approximate surface area is 131 Å². The number of nitrogens with one attached hydrogen (secondary N) is 1. The van der Waals surface area contributed by atoms with Gasteiger partial charge in [-0.1, -0.05) is 25.7 Å². The van der Waals surface area contributed by atoms with E-state index in [0.29, 0.717) is 43.4 Å². The summed E-state index contributed by atoms with van der Waals surface area (Å²) in [7, 11) is 0. The molecule has 1 aliphatic carbocycles. The van der Waals surface area contributed by atoms with Gasteiger partial charge in [0.1, 0.15) is 0 Å². The van der Waals surface area contributed by atoms with Gasteiger partial charge in [0, 0.05) is 19.0 Å². The minimum atomic E-state index is -0.00697. The number of nitrogens with zero attached hydrogens (tertiary/aromatic N) is 2. The second-order valence-corrected chi connectivity index (χ2v) is 5.70. The number of carbonyl (C=O) groups excluding carboxylic acids is 1. The number of ether oxygens (including phenoxy) is 1. The molecule has 2 rings (SSSR count). The van der Waals surface area contributed by atoms with E-state index in [9.17, 15) is 4.79 Å². The lowest BCUT2D eigenvalue weighted by atomic mass is 10.0. The Morgan fingerprint density at radius 2 is 2.27 bits per heavy atom. The molecule has 22 heavy (non-hydrogen) atoms. The summed E-state index contributed by atoms with van der Waals surface area (Å²) in [5, 5.41) is 11.3. The van der Waals surface area contributed by atoms with E-state index in [1.165, 1.54) is 25.7 Å². The number of unbranched alkanes of at least 4 members (excludes halogenated alkanes) is 1. The average molecular weight is 301 g/mol. The van der Waals surface area contributed by atoms with Crippen molar-refractivity contribution in [1.29, 1.82) is 5.26 Å². The summed E-state index contributed by atoms with van der Waals surface area (Å²) in [5.74, 6) is 1.73. The molecule has 1 saturated carbocycles. The van der Waals surface area contributed by atoms with E-state index in [1.807, 2.05) is 0 Å². The Morgan fingerprint density at radius 3 is 3.05 bits per heavy atom. The Balaban J connectivity index is 1.80. The molecular formula is C17H23N3O2. The van der Waals surface area contributed by atoms with Gasteiger partial charge >= 0.3 is 0 Å². The monoisotopic (exact) mass is 301 g/mol. The van der Waals surface area contributed by atoms with Crippen molar-refractivity contribution in [3.63, 3.8) is 0 Å². The summed E-state index contributed by atoms with van der Waals surface area (Å²) in [4.78, 5) is 16.2. The number of hydrogen-bond donors (Lipinski definition) is 1. The molecule has 1 heterocycles. The highest BCUT2D eigenvalue weighted by Gasteiger charge is 2.17. The van der Waals surface area contributed by atoms with E-state index in [4.69, 9.17) is 10.00 Å². The number of rotatable bonds is 8. The van der Waals surface area contributed by atoms with Crippen LogP contribution in [0.4, 0.5) is 5.82 Å². The fourth-order valence-corrected chi connectivity index (χ4v) is 2.76. The van der Waals surface area contributed by atoms with Crippen molar-refractivity contribution in [2.75, 3.05) is 11.9 Å². The number of amides is 1. The average Bonchev–Trinajstić information content (AvgIpc) is 3.04. The largest absolute Gasteiger partial charge is 0.490 e. The molecule has 5 heteroatoms. The van der Waals surface area contributed by atoms with Crippen LogP contribution in [0.1, 0.15) is 51.4 Å². The Hall–Kier alpha value is -2.09. The second-order valence-electron chi connectivity index (χ2n) is 5.70. The first-order chi connectivity index (χ1) is 10.8. The quantitative estimate of drug-likeness (QED) is 0.743. The number of hydrogen-bond acceptors (Lipinski definition) is 4. The van der Waals surface area contributed by atoms with Gasteiger partial charge in [-0.2, -0.15) is 5.26 Å². The van der Waals surface area contributed by atoms with Crippen LogP contribution in [-0.4, -0.2) is 17.5 Å². The van der Waals surface area contributed by atoms with Gasteiger partial charge in [0.05, 0.1) is 12.7 Å². The molecule has 118 valence electrons. The lowest BCUT2D eigenvalue weighted by Crippen LogP contribution is -2.15. The zero-order valence-electron chi connectivity index (χ0n) is 12.9. The molecule has 0 atom stereocenters. The second kappa shape index (κ2) is 9.04. The van der Waals surface area contributed by atoms with Crippen molar-refractivity contribution in [2.45, 2.75) is 51.4 Å². The van der Waals surface area contributed by atoms with Gasteiger partial charge in [-0.25, -0.2) is 4.98 Å². The van der Waals surface area contributed by atoms with Crippen LogP contribution in [0.3, 0.4) is 0 Å². The molecule has 0 bridgehead atoms. The summed E-state index contributed by atoms with van der Waals surface area (Å²) in [6.07, 6.45) is 9.36. The molecule has 1 N–H and O–H groups in total. The fourth-order valence-electron chi connectivity index (χ4n) is 2.76. The van der Waals surface area contributed by atoms with Crippen molar-refractivity contribution < 1.29 is 9.53 Å². The lowest BCUT2D eigenvalue weighted by molar-refractivity contribution is -0.116. The molecular weight excluding hydrogens is 278 g/mol. The van der Waals surface area contributed by atoms with E-state index in [2.05, 4.69) is 16.4 Å². The predicted octanol–water partition coefficient (Wildman–Crippen LogP) is 3.67. The summed E-state index contributed by atoms with van der Waals surface area (Å²) < 4.78 is 5.59. The molecule has 5 nitrogen and oxygen atoms in total. The van der Waals surface area contributed by atoms with Gasteiger partial charge in [-0.3, -0.25) is 4.79 Å². The van der Waals surface area contributed by atoms with Crippen molar-refractivity contribution in [2.24, 2.45) is 5.92 Å². The molecule has 1 amide bonds. The summed E-state index contributed by atoms with van der Waals surface area (Å²) in [5.41, 5.74) is 0. The summed E-state index contributed by atoms with van der Waals surface area (Å²) in [6, 6.07) is 5.63. The summed E-state index contributed by atoms with van der Waals surface area (Å²) >= 11 is 0. The number of anilines is 1. The van der Waals surface area contributed by atoms with Crippen molar-refractivity contribution in [3.8, 4) is 11.8 Å². The van der Waals surface area contributed by atoms with Crippen LogP contribution in [-0.2, 0) is 4.79 Å². The van der Waals surface area contributed by atoms with Crippen LogP contribution in [0, 0.1) is 17.2 Å². The first kappa shape index (κ1) is 16.3. The van der Waals surface area contributed by atoms with E-state index in [0.717, 1.165) is 6.42 Å². The third-order valence-electron chi connectivity index (χ3n) is 3.97. The van der Waals surface area contributed by atoms with Gasteiger partial charge in [0.2, 0.25) is 5.91 Å². The smallest absolute Gasteiger partial charge is 0.225 e. The Bertz CT molecular complexity index is 519. The summed E-state index contributed by atoms with van der Waals surface area (Å²) in [6.45, 7) is 0.449. The normalized spacial score (nSPS) is 14.5. The van der Waals surface area contributed by atoms with Gasteiger partial charge in [0.25, 0.3) is 0 Å². The lowest BCUT2D eigenvalue weighted by Gasteiger charge is -2.12. The van der Waals surface area contributed by atoms with E-state index >= 15 is 0 Å². The van der Waals surface area contributed by atoms with Gasteiger partial charge in [0.15, 0.2) is 11.6 Å². The molecule has 1 fully saturated rings. The predicted molar refractivity (Wildman–Crippen MR) is 84.4 cm³/mol. The van der Waals surface area contributed by atoms with Crippen LogP contribution in [0.2, 0.25) is 0 Å². The zero-order valence-corrected chi connectivity index (χ0v) is 12.9. The number of nitriles is 1. The minimum Gasteiger partial charge on any atom is -0.490 e. The van der Waals surface area contributed by atoms with Crippen LogP contribution in [0.5, 0.6) is 5.75 Å². The maximum absolute atomic E-state index is 12.0. The molecule has 0 unspecified atom stereocenters. The number of aromatic nitrogens is 1. The Kier molecular flexibility index (Phi) is 6.69. The Morgan fingerprint density at radius 1 is 1.45 bits per heavy atom. The standard InChI is InChI=1S/C17H23N3O2/c18-11-3-4-13-22-15-8-5-12-19-17(15)20-16(21)10-9-14-6-1-2-7-14/h5,8,12,14H,1-4,6-7,9-10,13H2,(H,19,20,21). The van der Waals surface area contributed by atoms with Crippen LogP contribution in [0.15, 0.2) is 18.3 Å². The third kappa shape index (κ3) is 5.36. The van der Waals surface area contributed by atoms with Crippen LogP contribution < -0.4 is 10.1 Å². The molecule has 0 aromatic carbocycles. The highest BCUT2D eigenvalue weighted by molar-refractivity contribution is 5.91. The fraction of sp³-hybridized carbons (Fsp3) is 0.588. The van der Waals surface area contributed by atoms with Gasteiger partial charge in [-0.15, -0.1) is 0 Å². The highest BCUT2D eigenvalue weighted by Crippen LogP contribution is 2.29. The van der Waals surface area contributed by atoms with Gasteiger partial charge in [-0.05, 0) is 30.9 Å². The molecule has 0 aliphatic heterocycles. The zero-order chi connectivity index (χ0) is 15.6. The van der Waals surface area contributed by atoms with E-state index in [-0.39, 0.29) is 5.91 Å². The molecule has 1 aliphatic rings. The van der Waals surface area contributed by atoms with Crippen molar-refractivity contribution >= 4 is 11.7 Å². The SMILES string of the molecule is N#CCCCOc1cccnc1NC(=O)CCC1CCCC1. The topological polar surface area (TPSA) is 75.0 Å².